The lowest BCUT2D eigenvalue weighted by molar-refractivity contribution is -0.255. The molecule has 0 bridgehead atoms. The fourth-order valence-electron chi connectivity index (χ4n) is 2.42. The number of carbonyl (C=O) groups is 2. The molecule has 2 aromatic carbocycles. The average molecular weight is 381 g/mol. The highest BCUT2D eigenvalue weighted by Gasteiger charge is 2.12. The lowest BCUT2D eigenvalue weighted by atomic mass is 10.1. The Bertz CT molecular complexity index is 939. The van der Waals surface area contributed by atoms with Crippen LogP contribution in [0.3, 0.4) is 0 Å². The summed E-state index contributed by atoms with van der Waals surface area (Å²) in [5.74, 6) is -0.418. The second kappa shape index (κ2) is 8.50. The van der Waals surface area contributed by atoms with Gasteiger partial charge < -0.3 is 19.8 Å². The number of aromatic nitrogens is 3. The Morgan fingerprint density at radius 1 is 1.07 bits per heavy atom. The summed E-state index contributed by atoms with van der Waals surface area (Å²) in [6.07, 6.45) is 0. The van der Waals surface area contributed by atoms with E-state index in [4.69, 9.17) is 0 Å². The number of benzene rings is 2. The summed E-state index contributed by atoms with van der Waals surface area (Å²) in [7, 11) is 1.86. The number of carboxylic acid groups (broad SMARTS) is 1. The van der Waals surface area contributed by atoms with Gasteiger partial charge in [0.25, 0.3) is 0 Å². The molecular formula is C19H17N4O3S-. The van der Waals surface area contributed by atoms with Crippen LogP contribution in [0.15, 0.2) is 59.8 Å². The van der Waals surface area contributed by atoms with E-state index in [-0.39, 0.29) is 17.2 Å². The number of amides is 1. The van der Waals surface area contributed by atoms with Crippen LogP contribution in [-0.4, -0.2) is 32.4 Å². The molecule has 0 unspecified atom stereocenters. The number of rotatable bonds is 7. The molecule has 7 nitrogen and oxygen atoms in total. The van der Waals surface area contributed by atoms with Gasteiger partial charge in [-0.05, 0) is 11.1 Å². The predicted molar refractivity (Wildman–Crippen MR) is 99.8 cm³/mol. The summed E-state index contributed by atoms with van der Waals surface area (Å²) in [6.45, 7) is 0.320. The smallest absolute Gasteiger partial charge is 0.230 e. The van der Waals surface area contributed by atoms with Gasteiger partial charge >= 0.3 is 0 Å². The lowest BCUT2D eigenvalue weighted by Gasteiger charge is -2.07. The van der Waals surface area contributed by atoms with Gasteiger partial charge in [-0.3, -0.25) is 4.79 Å². The molecule has 0 aliphatic carbocycles. The molecule has 1 N–H and O–H groups in total. The molecule has 1 amide bonds. The number of carbonyl (C=O) groups excluding carboxylic acids is 2. The van der Waals surface area contributed by atoms with E-state index in [0.717, 1.165) is 17.0 Å². The molecule has 138 valence electrons. The first kappa shape index (κ1) is 18.7. The maximum atomic E-state index is 12.1. The maximum absolute atomic E-state index is 12.1. The Labute approximate surface area is 160 Å². The minimum Gasteiger partial charge on any atom is -0.545 e. The average Bonchev–Trinajstić information content (AvgIpc) is 3.06. The number of nitrogens with one attached hydrogen (secondary N) is 1. The van der Waals surface area contributed by atoms with Gasteiger partial charge in [0.2, 0.25) is 5.91 Å². The van der Waals surface area contributed by atoms with E-state index >= 15 is 0 Å². The number of carboxylic acids is 1. The summed E-state index contributed by atoms with van der Waals surface area (Å²) in [6, 6.07) is 15.9. The number of nitrogens with zero attached hydrogens (tertiary/aromatic N) is 3. The van der Waals surface area contributed by atoms with Crippen LogP contribution in [-0.2, 0) is 18.4 Å². The third kappa shape index (κ3) is 4.73. The summed E-state index contributed by atoms with van der Waals surface area (Å²) in [5.41, 5.74) is 1.88. The number of hydrogen-bond donors (Lipinski definition) is 1. The normalized spacial score (nSPS) is 10.6. The van der Waals surface area contributed by atoms with Crippen molar-refractivity contribution in [2.24, 2.45) is 7.05 Å². The zero-order valence-electron chi connectivity index (χ0n) is 14.6. The van der Waals surface area contributed by atoms with E-state index in [2.05, 4.69) is 15.5 Å². The molecule has 0 radical (unpaired) electrons. The van der Waals surface area contributed by atoms with Crippen LogP contribution in [0, 0.1) is 0 Å². The minimum atomic E-state index is -1.22. The molecule has 0 spiro atoms. The molecule has 0 saturated carbocycles. The summed E-state index contributed by atoms with van der Waals surface area (Å²) >= 11 is 1.30. The van der Waals surface area contributed by atoms with Gasteiger partial charge in [0.1, 0.15) is 0 Å². The molecule has 0 fully saturated rings. The van der Waals surface area contributed by atoms with Crippen molar-refractivity contribution >= 4 is 23.6 Å². The van der Waals surface area contributed by atoms with E-state index in [9.17, 15) is 14.7 Å². The number of hydrogen-bond acceptors (Lipinski definition) is 6. The third-order valence-electron chi connectivity index (χ3n) is 3.88. The van der Waals surface area contributed by atoms with Crippen molar-refractivity contribution in [2.75, 3.05) is 5.75 Å². The second-order valence-electron chi connectivity index (χ2n) is 5.78. The Hall–Kier alpha value is -3.13. The highest BCUT2D eigenvalue weighted by molar-refractivity contribution is 7.99. The van der Waals surface area contributed by atoms with Crippen LogP contribution in [0.25, 0.3) is 11.4 Å². The van der Waals surface area contributed by atoms with E-state index in [1.54, 1.807) is 12.1 Å². The molecular weight excluding hydrogens is 364 g/mol. The number of aromatic carboxylic acids is 1. The molecule has 0 aliphatic heterocycles. The maximum Gasteiger partial charge on any atom is 0.230 e. The van der Waals surface area contributed by atoms with E-state index in [1.165, 1.54) is 23.9 Å². The van der Waals surface area contributed by atoms with Crippen molar-refractivity contribution < 1.29 is 14.7 Å². The Morgan fingerprint density at radius 3 is 2.44 bits per heavy atom. The highest BCUT2D eigenvalue weighted by atomic mass is 32.2. The highest BCUT2D eigenvalue weighted by Crippen LogP contribution is 2.22. The molecule has 3 aromatic rings. The van der Waals surface area contributed by atoms with E-state index in [1.807, 2.05) is 41.9 Å². The topological polar surface area (TPSA) is 99.9 Å². The van der Waals surface area contributed by atoms with Crippen LogP contribution in [0.1, 0.15) is 15.9 Å². The molecule has 8 heteroatoms. The summed E-state index contributed by atoms with van der Waals surface area (Å²) < 4.78 is 1.85. The van der Waals surface area contributed by atoms with Gasteiger partial charge in [-0.15, -0.1) is 10.2 Å². The van der Waals surface area contributed by atoms with Gasteiger partial charge in [-0.25, -0.2) is 0 Å². The summed E-state index contributed by atoms with van der Waals surface area (Å²) in [4.78, 5) is 22.8. The first-order valence-corrected chi connectivity index (χ1v) is 9.18. The quantitative estimate of drug-likeness (QED) is 0.619. The van der Waals surface area contributed by atoms with Gasteiger partial charge in [-0.1, -0.05) is 66.4 Å². The van der Waals surface area contributed by atoms with Crippen molar-refractivity contribution in [3.05, 3.63) is 65.7 Å². The molecule has 3 rings (SSSR count). The van der Waals surface area contributed by atoms with Crippen molar-refractivity contribution in [1.29, 1.82) is 0 Å². The second-order valence-corrected chi connectivity index (χ2v) is 6.72. The van der Waals surface area contributed by atoms with Gasteiger partial charge in [0.05, 0.1) is 11.7 Å². The van der Waals surface area contributed by atoms with Gasteiger partial charge in [0.15, 0.2) is 11.0 Å². The molecule has 1 heterocycles. The summed E-state index contributed by atoms with van der Waals surface area (Å²) in [5, 5.41) is 22.5. The lowest BCUT2D eigenvalue weighted by Crippen LogP contribution is -2.25. The van der Waals surface area contributed by atoms with Crippen LogP contribution < -0.4 is 10.4 Å². The van der Waals surface area contributed by atoms with E-state index < -0.39 is 5.97 Å². The van der Waals surface area contributed by atoms with Crippen molar-refractivity contribution in [2.45, 2.75) is 11.7 Å². The van der Waals surface area contributed by atoms with Crippen molar-refractivity contribution in [3.63, 3.8) is 0 Å². The van der Waals surface area contributed by atoms with Gasteiger partial charge in [0, 0.05) is 19.2 Å². The largest absolute Gasteiger partial charge is 0.545 e. The fourth-order valence-corrected chi connectivity index (χ4v) is 3.16. The monoisotopic (exact) mass is 381 g/mol. The van der Waals surface area contributed by atoms with Crippen LogP contribution >= 0.6 is 11.8 Å². The fraction of sp³-hybridized carbons (Fsp3) is 0.158. The Morgan fingerprint density at radius 2 is 1.78 bits per heavy atom. The third-order valence-corrected chi connectivity index (χ3v) is 4.90. The Kier molecular flexibility index (Phi) is 5.87. The number of thioether (sulfide) groups is 1. The Balaban J connectivity index is 1.52. The van der Waals surface area contributed by atoms with Crippen molar-refractivity contribution in [3.8, 4) is 11.4 Å². The molecule has 0 saturated heterocycles. The molecule has 1 aromatic heterocycles. The van der Waals surface area contributed by atoms with Gasteiger partial charge in [-0.2, -0.15) is 0 Å². The van der Waals surface area contributed by atoms with Crippen molar-refractivity contribution in [1.82, 2.24) is 20.1 Å². The SMILES string of the molecule is Cn1c(SCC(=O)NCc2ccc(C(=O)[O-])cc2)nnc1-c1ccccc1. The van der Waals surface area contributed by atoms with E-state index in [0.29, 0.717) is 11.7 Å². The molecule has 27 heavy (non-hydrogen) atoms. The van der Waals surface area contributed by atoms with Crippen LogP contribution in [0.4, 0.5) is 0 Å². The minimum absolute atomic E-state index is 0.108. The standard InChI is InChI=1S/C19H18N4O3S/c1-23-17(14-5-3-2-4-6-14)21-22-19(23)27-12-16(24)20-11-13-7-9-15(10-8-13)18(25)26/h2-10H,11-12H2,1H3,(H,20,24)(H,25,26)/p-1. The first-order valence-electron chi connectivity index (χ1n) is 8.19. The molecule has 0 atom stereocenters. The van der Waals surface area contributed by atoms with Crippen LogP contribution in [0.5, 0.6) is 0 Å². The predicted octanol–water partition coefficient (Wildman–Crippen LogP) is 1.25. The molecule has 0 aliphatic rings. The van der Waals surface area contributed by atoms with Crippen LogP contribution in [0.2, 0.25) is 0 Å². The first-order chi connectivity index (χ1) is 13.0. The zero-order chi connectivity index (χ0) is 19.2. The zero-order valence-corrected chi connectivity index (χ0v) is 15.4.